The average Bonchev–Trinajstić information content (AvgIpc) is 3.05. The third-order valence-corrected chi connectivity index (χ3v) is 5.41. The number of nitrogens with zero attached hydrogens (tertiary/aromatic N) is 1. The van der Waals surface area contributed by atoms with Crippen LogP contribution in [0.15, 0.2) is 0 Å². The van der Waals surface area contributed by atoms with Crippen molar-refractivity contribution >= 4 is 0 Å². The monoisotopic (exact) mass is 254 g/mol. The SMILES string of the molecule is CNC1(CO)CCC(N2CCOC3CCCC32)C1. The average molecular weight is 254 g/mol. The number of likely N-dealkylation sites (N-methyl/N-ethyl adjacent to an activating group) is 1. The highest BCUT2D eigenvalue weighted by atomic mass is 16.5. The number of hydrogen-bond acceptors (Lipinski definition) is 4. The number of aliphatic hydroxyl groups is 1. The van der Waals surface area contributed by atoms with Crippen LogP contribution in [0.2, 0.25) is 0 Å². The smallest absolute Gasteiger partial charge is 0.0731 e. The zero-order valence-electron chi connectivity index (χ0n) is 11.4. The molecule has 0 aromatic carbocycles. The van der Waals surface area contributed by atoms with E-state index in [0.29, 0.717) is 18.2 Å². The lowest BCUT2D eigenvalue weighted by atomic mass is 9.98. The van der Waals surface area contributed by atoms with E-state index in [0.717, 1.165) is 26.0 Å². The molecule has 2 saturated carbocycles. The quantitative estimate of drug-likeness (QED) is 0.780. The van der Waals surface area contributed by atoms with E-state index >= 15 is 0 Å². The van der Waals surface area contributed by atoms with Gasteiger partial charge in [0, 0.05) is 24.2 Å². The Morgan fingerprint density at radius 3 is 3.00 bits per heavy atom. The molecule has 0 aromatic heterocycles. The summed E-state index contributed by atoms with van der Waals surface area (Å²) in [6, 6.07) is 1.29. The van der Waals surface area contributed by atoms with Crippen molar-refractivity contribution in [2.75, 3.05) is 26.8 Å². The van der Waals surface area contributed by atoms with Gasteiger partial charge in [-0.3, -0.25) is 4.90 Å². The van der Waals surface area contributed by atoms with Gasteiger partial charge in [-0.1, -0.05) is 0 Å². The van der Waals surface area contributed by atoms with Crippen LogP contribution in [-0.4, -0.2) is 60.5 Å². The predicted octanol–water partition coefficient (Wildman–Crippen LogP) is 0.743. The molecule has 3 fully saturated rings. The molecule has 0 radical (unpaired) electrons. The molecule has 1 aliphatic heterocycles. The van der Waals surface area contributed by atoms with Gasteiger partial charge in [-0.15, -0.1) is 0 Å². The van der Waals surface area contributed by atoms with Crippen molar-refractivity contribution in [1.82, 2.24) is 10.2 Å². The maximum Gasteiger partial charge on any atom is 0.0731 e. The number of hydrogen-bond donors (Lipinski definition) is 2. The molecule has 2 N–H and O–H groups in total. The Kier molecular flexibility index (Phi) is 3.63. The Balaban J connectivity index is 1.68. The summed E-state index contributed by atoms with van der Waals surface area (Å²) < 4.78 is 5.89. The van der Waals surface area contributed by atoms with Crippen LogP contribution in [0.1, 0.15) is 38.5 Å². The molecule has 1 heterocycles. The van der Waals surface area contributed by atoms with Crippen LogP contribution in [0, 0.1) is 0 Å². The van der Waals surface area contributed by atoms with Crippen molar-refractivity contribution in [3.8, 4) is 0 Å². The maximum atomic E-state index is 9.61. The highest BCUT2D eigenvalue weighted by Gasteiger charge is 2.45. The van der Waals surface area contributed by atoms with Gasteiger partial charge in [0.2, 0.25) is 0 Å². The van der Waals surface area contributed by atoms with Crippen molar-refractivity contribution in [2.45, 2.75) is 62.3 Å². The fourth-order valence-electron chi connectivity index (χ4n) is 4.24. The minimum absolute atomic E-state index is 0.0307. The normalized spacial score (nSPS) is 45.3. The second-order valence-corrected chi connectivity index (χ2v) is 6.23. The van der Waals surface area contributed by atoms with E-state index < -0.39 is 0 Å². The van der Waals surface area contributed by atoms with Gasteiger partial charge in [-0.2, -0.15) is 0 Å². The molecule has 3 aliphatic rings. The molecular formula is C14H26N2O2. The summed E-state index contributed by atoms with van der Waals surface area (Å²) in [7, 11) is 1.98. The van der Waals surface area contributed by atoms with Gasteiger partial charge in [0.25, 0.3) is 0 Å². The fourth-order valence-corrected chi connectivity index (χ4v) is 4.24. The number of aliphatic hydroxyl groups excluding tert-OH is 1. The lowest BCUT2D eigenvalue weighted by molar-refractivity contribution is -0.0719. The number of nitrogens with one attached hydrogen (secondary N) is 1. The topological polar surface area (TPSA) is 44.7 Å². The molecule has 0 bridgehead atoms. The largest absolute Gasteiger partial charge is 0.394 e. The molecule has 104 valence electrons. The second-order valence-electron chi connectivity index (χ2n) is 6.23. The van der Waals surface area contributed by atoms with E-state index in [1.807, 2.05) is 7.05 Å². The Hall–Kier alpha value is -0.160. The van der Waals surface area contributed by atoms with E-state index in [2.05, 4.69) is 10.2 Å². The molecule has 2 aliphatic carbocycles. The molecule has 4 heteroatoms. The lowest BCUT2D eigenvalue weighted by Crippen LogP contribution is -2.54. The van der Waals surface area contributed by atoms with Gasteiger partial charge in [0.15, 0.2) is 0 Å². The van der Waals surface area contributed by atoms with Gasteiger partial charge in [-0.25, -0.2) is 0 Å². The minimum atomic E-state index is -0.0307. The lowest BCUT2D eigenvalue weighted by Gasteiger charge is -2.42. The maximum absolute atomic E-state index is 9.61. The van der Waals surface area contributed by atoms with Crippen molar-refractivity contribution < 1.29 is 9.84 Å². The highest BCUT2D eigenvalue weighted by molar-refractivity contribution is 5.02. The molecule has 3 rings (SSSR count). The summed E-state index contributed by atoms with van der Waals surface area (Å²) in [6.07, 6.45) is 7.73. The van der Waals surface area contributed by atoms with Crippen LogP contribution in [0.25, 0.3) is 0 Å². The molecule has 18 heavy (non-hydrogen) atoms. The standard InChI is InChI=1S/C14H26N2O2/c1-15-14(10-17)6-5-11(9-14)16-7-8-18-13-4-2-3-12(13)16/h11-13,15,17H,2-10H2,1H3. The second kappa shape index (κ2) is 5.08. The Morgan fingerprint density at radius 1 is 1.39 bits per heavy atom. The van der Waals surface area contributed by atoms with E-state index in [-0.39, 0.29) is 12.1 Å². The Bertz CT molecular complexity index is 294. The summed E-state index contributed by atoms with van der Waals surface area (Å²) in [4.78, 5) is 2.69. The van der Waals surface area contributed by atoms with Crippen LogP contribution < -0.4 is 5.32 Å². The summed E-state index contributed by atoms with van der Waals surface area (Å²) >= 11 is 0. The minimum Gasteiger partial charge on any atom is -0.394 e. The van der Waals surface area contributed by atoms with E-state index in [9.17, 15) is 5.11 Å². The highest BCUT2D eigenvalue weighted by Crippen LogP contribution is 2.38. The fraction of sp³-hybridized carbons (Fsp3) is 1.00. The first kappa shape index (κ1) is 12.9. The van der Waals surface area contributed by atoms with Crippen molar-refractivity contribution in [3.63, 3.8) is 0 Å². The number of morpholine rings is 1. The zero-order chi connectivity index (χ0) is 12.6. The van der Waals surface area contributed by atoms with Crippen LogP contribution in [0.5, 0.6) is 0 Å². The Morgan fingerprint density at radius 2 is 2.28 bits per heavy atom. The van der Waals surface area contributed by atoms with Crippen molar-refractivity contribution in [1.29, 1.82) is 0 Å². The predicted molar refractivity (Wildman–Crippen MR) is 70.6 cm³/mol. The number of fused-ring (bicyclic) bond motifs is 1. The first-order valence-electron chi connectivity index (χ1n) is 7.45. The van der Waals surface area contributed by atoms with Gasteiger partial charge in [-0.05, 0) is 45.6 Å². The van der Waals surface area contributed by atoms with Gasteiger partial charge in [0.1, 0.15) is 0 Å². The van der Waals surface area contributed by atoms with Crippen LogP contribution in [0.4, 0.5) is 0 Å². The van der Waals surface area contributed by atoms with Crippen molar-refractivity contribution in [2.24, 2.45) is 0 Å². The summed E-state index contributed by atoms with van der Waals surface area (Å²) in [6.45, 7) is 2.23. The van der Waals surface area contributed by atoms with Crippen LogP contribution in [0.3, 0.4) is 0 Å². The van der Waals surface area contributed by atoms with Gasteiger partial charge >= 0.3 is 0 Å². The molecule has 4 atom stereocenters. The number of ether oxygens (including phenoxy) is 1. The van der Waals surface area contributed by atoms with E-state index in [1.54, 1.807) is 0 Å². The van der Waals surface area contributed by atoms with Gasteiger partial charge in [0.05, 0.1) is 19.3 Å². The first-order valence-corrected chi connectivity index (χ1v) is 7.45. The summed E-state index contributed by atoms with van der Waals surface area (Å²) in [5, 5.41) is 13.0. The third-order valence-electron chi connectivity index (χ3n) is 5.41. The first-order chi connectivity index (χ1) is 8.78. The van der Waals surface area contributed by atoms with Gasteiger partial charge < -0.3 is 15.2 Å². The molecule has 4 unspecified atom stereocenters. The number of rotatable bonds is 3. The Labute approximate surface area is 110 Å². The van der Waals surface area contributed by atoms with E-state index in [4.69, 9.17) is 4.74 Å². The van der Waals surface area contributed by atoms with Crippen LogP contribution >= 0.6 is 0 Å². The molecular weight excluding hydrogens is 228 g/mol. The molecule has 4 nitrogen and oxygen atoms in total. The molecule has 1 saturated heterocycles. The summed E-state index contributed by atoms with van der Waals surface area (Å²) in [5.41, 5.74) is -0.0307. The summed E-state index contributed by atoms with van der Waals surface area (Å²) in [5.74, 6) is 0. The van der Waals surface area contributed by atoms with E-state index in [1.165, 1.54) is 25.7 Å². The third kappa shape index (κ3) is 2.09. The zero-order valence-corrected chi connectivity index (χ0v) is 11.4. The molecule has 0 amide bonds. The van der Waals surface area contributed by atoms with Crippen molar-refractivity contribution in [3.05, 3.63) is 0 Å². The van der Waals surface area contributed by atoms with Crippen LogP contribution in [-0.2, 0) is 4.74 Å². The molecule has 0 spiro atoms. The molecule has 0 aromatic rings.